The van der Waals surface area contributed by atoms with Crippen molar-refractivity contribution in [3.8, 4) is 5.82 Å². The lowest BCUT2D eigenvalue weighted by atomic mass is 9.96. The highest BCUT2D eigenvalue weighted by Gasteiger charge is 2.25. The molecule has 4 aromatic heterocycles. The third kappa shape index (κ3) is 2.73. The van der Waals surface area contributed by atoms with Gasteiger partial charge < -0.3 is 4.52 Å². The van der Waals surface area contributed by atoms with Crippen LogP contribution in [0.2, 0.25) is 0 Å². The summed E-state index contributed by atoms with van der Waals surface area (Å²) in [4.78, 5) is 6.42. The van der Waals surface area contributed by atoms with E-state index in [2.05, 4.69) is 35.4 Å². The highest BCUT2D eigenvalue weighted by molar-refractivity contribution is 5.39. The average molecular weight is 351 g/mol. The van der Waals surface area contributed by atoms with E-state index in [9.17, 15) is 0 Å². The van der Waals surface area contributed by atoms with E-state index in [1.54, 1.807) is 10.9 Å². The maximum atomic E-state index is 4.80. The van der Waals surface area contributed by atoms with Gasteiger partial charge in [-0.1, -0.05) is 5.16 Å². The van der Waals surface area contributed by atoms with Crippen LogP contribution in [0.25, 0.3) is 11.5 Å². The molecule has 0 N–H and O–H groups in total. The number of rotatable bonds is 4. The van der Waals surface area contributed by atoms with E-state index in [0.29, 0.717) is 12.5 Å². The van der Waals surface area contributed by atoms with Gasteiger partial charge in [-0.25, -0.2) is 4.68 Å². The monoisotopic (exact) mass is 351 g/mol. The van der Waals surface area contributed by atoms with Gasteiger partial charge in [0.2, 0.25) is 6.39 Å². The van der Waals surface area contributed by atoms with Crippen LogP contribution in [0.1, 0.15) is 30.4 Å². The molecule has 0 radical (unpaired) electrons. The summed E-state index contributed by atoms with van der Waals surface area (Å²) in [6.45, 7) is 2.62. The standard InChI is InChI=1S/C16H17N9O/c1-6-18-24(7-1)15-3-2-14-19-20-16(25(14)21-15)12-4-8-23(9-5-12)10-13-17-11-26-22-13/h1-3,6-7,11-12H,4-5,8-10H2. The van der Waals surface area contributed by atoms with Gasteiger partial charge in [-0.05, 0) is 44.1 Å². The van der Waals surface area contributed by atoms with E-state index in [4.69, 9.17) is 4.52 Å². The first-order valence-electron chi connectivity index (χ1n) is 8.57. The van der Waals surface area contributed by atoms with E-state index >= 15 is 0 Å². The molecule has 0 spiro atoms. The molecule has 0 saturated carbocycles. The van der Waals surface area contributed by atoms with E-state index in [1.165, 1.54) is 6.39 Å². The van der Waals surface area contributed by atoms with Crippen molar-refractivity contribution < 1.29 is 4.52 Å². The molecule has 10 heteroatoms. The average Bonchev–Trinajstić information content (AvgIpc) is 3.43. The Balaban J connectivity index is 1.35. The maximum absolute atomic E-state index is 4.80. The molecule has 1 saturated heterocycles. The molecule has 1 fully saturated rings. The number of likely N-dealkylation sites (tertiary alicyclic amines) is 1. The zero-order valence-corrected chi connectivity index (χ0v) is 14.0. The van der Waals surface area contributed by atoms with Crippen molar-refractivity contribution in [3.63, 3.8) is 0 Å². The number of fused-ring (bicyclic) bond motifs is 1. The predicted molar refractivity (Wildman–Crippen MR) is 89.5 cm³/mol. The van der Waals surface area contributed by atoms with E-state index in [0.717, 1.165) is 49.0 Å². The van der Waals surface area contributed by atoms with Crippen LogP contribution in [0.15, 0.2) is 41.5 Å². The van der Waals surface area contributed by atoms with Crippen LogP contribution in [-0.2, 0) is 6.54 Å². The van der Waals surface area contributed by atoms with Gasteiger partial charge in [0.15, 0.2) is 23.1 Å². The molecule has 5 rings (SSSR count). The Morgan fingerprint density at radius 2 is 2.08 bits per heavy atom. The van der Waals surface area contributed by atoms with Crippen molar-refractivity contribution in [2.24, 2.45) is 0 Å². The highest BCUT2D eigenvalue weighted by atomic mass is 16.5. The minimum Gasteiger partial charge on any atom is -0.343 e. The van der Waals surface area contributed by atoms with Gasteiger partial charge in [-0.3, -0.25) is 4.90 Å². The number of hydrogen-bond acceptors (Lipinski definition) is 8. The molecule has 1 aliphatic rings. The lowest BCUT2D eigenvalue weighted by Gasteiger charge is -2.29. The SMILES string of the molecule is c1cnn(-c2ccc3nnc(C4CCN(Cc5ncon5)CC4)n3n2)c1. The quantitative estimate of drug-likeness (QED) is 0.538. The fourth-order valence-electron chi connectivity index (χ4n) is 3.39. The van der Waals surface area contributed by atoms with Crippen LogP contribution in [0.3, 0.4) is 0 Å². The Morgan fingerprint density at radius 1 is 1.15 bits per heavy atom. The largest absolute Gasteiger partial charge is 0.343 e. The summed E-state index contributed by atoms with van der Waals surface area (Å²) in [7, 11) is 0. The van der Waals surface area contributed by atoms with Crippen LogP contribution in [-0.4, -0.2) is 57.7 Å². The van der Waals surface area contributed by atoms with Crippen LogP contribution in [0.4, 0.5) is 0 Å². The molecule has 1 aliphatic heterocycles. The highest BCUT2D eigenvalue weighted by Crippen LogP contribution is 2.27. The molecule has 0 unspecified atom stereocenters. The number of piperidine rings is 1. The van der Waals surface area contributed by atoms with Crippen LogP contribution >= 0.6 is 0 Å². The van der Waals surface area contributed by atoms with Crippen molar-refractivity contribution in [3.05, 3.63) is 48.6 Å². The van der Waals surface area contributed by atoms with Crippen molar-refractivity contribution in [1.29, 1.82) is 0 Å². The van der Waals surface area contributed by atoms with Gasteiger partial charge >= 0.3 is 0 Å². The van der Waals surface area contributed by atoms with Gasteiger partial charge in [0.05, 0.1) is 6.54 Å². The fourth-order valence-corrected chi connectivity index (χ4v) is 3.39. The topological polar surface area (TPSA) is 103 Å². The Kier molecular flexibility index (Phi) is 3.67. The van der Waals surface area contributed by atoms with E-state index < -0.39 is 0 Å². The third-order valence-corrected chi connectivity index (χ3v) is 4.74. The second-order valence-corrected chi connectivity index (χ2v) is 6.37. The molecular formula is C16H17N9O. The molecular weight excluding hydrogens is 334 g/mol. The summed E-state index contributed by atoms with van der Waals surface area (Å²) < 4.78 is 8.38. The molecule has 0 aromatic carbocycles. The van der Waals surface area contributed by atoms with Gasteiger partial charge in [-0.15, -0.1) is 15.3 Å². The summed E-state index contributed by atoms with van der Waals surface area (Å²) in [5.41, 5.74) is 0.755. The summed E-state index contributed by atoms with van der Waals surface area (Å²) in [6, 6.07) is 5.69. The van der Waals surface area contributed by atoms with Crippen LogP contribution < -0.4 is 0 Å². The Bertz CT molecular complexity index is 984. The maximum Gasteiger partial charge on any atom is 0.213 e. The molecule has 26 heavy (non-hydrogen) atoms. The lowest BCUT2D eigenvalue weighted by molar-refractivity contribution is 0.194. The first kappa shape index (κ1) is 15.1. The van der Waals surface area contributed by atoms with Gasteiger partial charge in [0.25, 0.3) is 0 Å². The van der Waals surface area contributed by atoms with Crippen LogP contribution in [0, 0.1) is 0 Å². The van der Waals surface area contributed by atoms with Gasteiger partial charge in [0, 0.05) is 18.3 Å². The molecule has 5 heterocycles. The molecule has 132 valence electrons. The summed E-state index contributed by atoms with van der Waals surface area (Å²) >= 11 is 0. The normalized spacial score (nSPS) is 16.5. The summed E-state index contributed by atoms with van der Waals surface area (Å²) in [6.07, 6.45) is 6.96. The Morgan fingerprint density at radius 3 is 2.85 bits per heavy atom. The summed E-state index contributed by atoms with van der Waals surface area (Å²) in [5, 5.41) is 21.5. The zero-order chi connectivity index (χ0) is 17.3. The zero-order valence-electron chi connectivity index (χ0n) is 14.0. The van der Waals surface area contributed by atoms with Gasteiger partial charge in [-0.2, -0.15) is 14.6 Å². The molecule has 0 bridgehead atoms. The smallest absolute Gasteiger partial charge is 0.213 e. The van der Waals surface area contributed by atoms with E-state index in [-0.39, 0.29) is 0 Å². The molecule has 4 aromatic rings. The third-order valence-electron chi connectivity index (χ3n) is 4.74. The molecule has 0 amide bonds. The van der Waals surface area contributed by atoms with Crippen molar-refractivity contribution in [1.82, 2.24) is 44.6 Å². The number of nitrogens with zero attached hydrogens (tertiary/aromatic N) is 9. The number of hydrogen-bond donors (Lipinski definition) is 0. The van der Waals surface area contributed by atoms with Crippen LogP contribution in [0.5, 0.6) is 0 Å². The Hall–Kier alpha value is -3.14. The second-order valence-electron chi connectivity index (χ2n) is 6.37. The van der Waals surface area contributed by atoms with Crippen molar-refractivity contribution >= 4 is 5.65 Å². The first-order valence-corrected chi connectivity index (χ1v) is 8.57. The summed E-state index contributed by atoms with van der Waals surface area (Å²) in [5.74, 6) is 2.71. The lowest BCUT2D eigenvalue weighted by Crippen LogP contribution is -2.33. The Labute approximate surface area is 148 Å². The minimum absolute atomic E-state index is 0.326. The first-order chi connectivity index (χ1) is 12.9. The molecule has 0 atom stereocenters. The predicted octanol–water partition coefficient (Wildman–Crippen LogP) is 1.07. The van der Waals surface area contributed by atoms with Crippen molar-refractivity contribution in [2.75, 3.05) is 13.1 Å². The van der Waals surface area contributed by atoms with Gasteiger partial charge in [0.1, 0.15) is 0 Å². The minimum atomic E-state index is 0.326. The molecule has 10 nitrogen and oxygen atoms in total. The van der Waals surface area contributed by atoms with E-state index in [1.807, 2.05) is 28.9 Å². The second kappa shape index (κ2) is 6.30. The van der Waals surface area contributed by atoms with Crippen molar-refractivity contribution in [2.45, 2.75) is 25.3 Å². The molecule has 0 aliphatic carbocycles. The number of aromatic nitrogens is 8. The fraction of sp³-hybridized carbons (Fsp3) is 0.375.